The zero-order chi connectivity index (χ0) is 14.6. The Kier molecular flexibility index (Phi) is 4.81. The van der Waals surface area contributed by atoms with Gasteiger partial charge in [0, 0.05) is 6.54 Å². The first-order chi connectivity index (χ1) is 9.50. The number of rotatable bonds is 5. The molecule has 0 aliphatic heterocycles. The molecule has 2 aromatic carbocycles. The highest BCUT2D eigenvalue weighted by Crippen LogP contribution is 2.21. The maximum absolute atomic E-state index is 12.2. The molecule has 1 N–H and O–H groups in total. The molecule has 2 aromatic rings. The van der Waals surface area contributed by atoms with Crippen LogP contribution in [0, 0.1) is 0 Å². The van der Waals surface area contributed by atoms with Crippen LogP contribution < -0.4 is 4.72 Å². The van der Waals surface area contributed by atoms with E-state index < -0.39 is 10.0 Å². The van der Waals surface area contributed by atoms with Crippen LogP contribution in [0.1, 0.15) is 18.4 Å². The summed E-state index contributed by atoms with van der Waals surface area (Å²) in [6.07, 6.45) is 0. The third kappa shape index (κ3) is 3.60. The van der Waals surface area contributed by atoms with Crippen molar-refractivity contribution in [1.82, 2.24) is 4.72 Å². The van der Waals surface area contributed by atoms with Gasteiger partial charge in [-0.2, -0.15) is 0 Å². The number of sulfonamides is 1. The summed E-state index contributed by atoms with van der Waals surface area (Å²) in [5, 5.41) is 0.229. The summed E-state index contributed by atoms with van der Waals surface area (Å²) >= 11 is 5.92. The van der Waals surface area contributed by atoms with Crippen molar-refractivity contribution in [2.75, 3.05) is 6.54 Å². The van der Waals surface area contributed by atoms with Crippen LogP contribution in [0.15, 0.2) is 59.5 Å². The average molecular weight is 310 g/mol. The van der Waals surface area contributed by atoms with E-state index in [1.807, 2.05) is 37.3 Å². The second-order valence-electron chi connectivity index (χ2n) is 4.59. The van der Waals surface area contributed by atoms with Gasteiger partial charge in [-0.25, -0.2) is 13.1 Å². The van der Waals surface area contributed by atoms with Crippen LogP contribution in [0.25, 0.3) is 0 Å². The third-order valence-corrected chi connectivity index (χ3v) is 5.00. The van der Waals surface area contributed by atoms with E-state index in [2.05, 4.69) is 4.72 Å². The molecule has 106 valence electrons. The summed E-state index contributed by atoms with van der Waals surface area (Å²) in [6, 6.07) is 16.2. The molecule has 0 saturated heterocycles. The van der Waals surface area contributed by atoms with Crippen LogP contribution in [0.4, 0.5) is 0 Å². The van der Waals surface area contributed by atoms with Crippen molar-refractivity contribution in [2.45, 2.75) is 17.7 Å². The molecule has 5 heteroatoms. The molecule has 0 radical (unpaired) electrons. The fourth-order valence-corrected chi connectivity index (χ4v) is 3.52. The van der Waals surface area contributed by atoms with Crippen LogP contribution in [0.5, 0.6) is 0 Å². The smallest absolute Gasteiger partial charge is 0.211 e. The van der Waals surface area contributed by atoms with E-state index in [1.54, 1.807) is 18.2 Å². The first kappa shape index (κ1) is 15.0. The van der Waals surface area contributed by atoms with Gasteiger partial charge < -0.3 is 0 Å². The highest BCUT2D eigenvalue weighted by atomic mass is 35.5. The van der Waals surface area contributed by atoms with Gasteiger partial charge in [-0.05, 0) is 23.6 Å². The highest BCUT2D eigenvalue weighted by Gasteiger charge is 2.18. The molecule has 20 heavy (non-hydrogen) atoms. The molecule has 0 saturated carbocycles. The van der Waals surface area contributed by atoms with Crippen molar-refractivity contribution in [3.63, 3.8) is 0 Å². The van der Waals surface area contributed by atoms with Gasteiger partial charge in [0.25, 0.3) is 0 Å². The first-order valence-electron chi connectivity index (χ1n) is 6.30. The van der Waals surface area contributed by atoms with E-state index in [9.17, 15) is 8.42 Å². The van der Waals surface area contributed by atoms with E-state index in [4.69, 9.17) is 11.6 Å². The van der Waals surface area contributed by atoms with Gasteiger partial charge in [-0.1, -0.05) is 61.0 Å². The fraction of sp³-hybridized carbons (Fsp3) is 0.200. The maximum Gasteiger partial charge on any atom is 0.242 e. The number of hydrogen-bond donors (Lipinski definition) is 1. The molecule has 1 atom stereocenters. The second-order valence-corrected chi connectivity index (χ2v) is 6.74. The van der Waals surface area contributed by atoms with Gasteiger partial charge in [-0.15, -0.1) is 0 Å². The highest BCUT2D eigenvalue weighted by molar-refractivity contribution is 7.89. The molecular weight excluding hydrogens is 294 g/mol. The Morgan fingerprint density at radius 2 is 1.65 bits per heavy atom. The quantitative estimate of drug-likeness (QED) is 0.920. The molecule has 0 bridgehead atoms. The van der Waals surface area contributed by atoms with Crippen LogP contribution >= 0.6 is 11.6 Å². The van der Waals surface area contributed by atoms with Gasteiger partial charge in [0.15, 0.2) is 0 Å². The zero-order valence-corrected chi connectivity index (χ0v) is 12.7. The van der Waals surface area contributed by atoms with E-state index >= 15 is 0 Å². The van der Waals surface area contributed by atoms with Gasteiger partial charge in [0.1, 0.15) is 4.90 Å². The summed E-state index contributed by atoms with van der Waals surface area (Å²) in [6.45, 7) is 2.31. The van der Waals surface area contributed by atoms with E-state index in [0.29, 0.717) is 6.54 Å². The minimum atomic E-state index is -3.58. The monoisotopic (exact) mass is 309 g/mol. The zero-order valence-electron chi connectivity index (χ0n) is 11.1. The summed E-state index contributed by atoms with van der Waals surface area (Å²) in [5.74, 6) is 0.0912. The summed E-state index contributed by atoms with van der Waals surface area (Å²) in [7, 11) is -3.58. The fourth-order valence-electron chi connectivity index (χ4n) is 1.87. The molecule has 0 fully saturated rings. The minimum absolute atomic E-state index is 0.0912. The lowest BCUT2D eigenvalue weighted by molar-refractivity contribution is 0.575. The Hall–Kier alpha value is -1.36. The topological polar surface area (TPSA) is 46.2 Å². The molecule has 0 unspecified atom stereocenters. The van der Waals surface area contributed by atoms with Crippen molar-refractivity contribution in [3.05, 3.63) is 65.2 Å². The van der Waals surface area contributed by atoms with Gasteiger partial charge in [0.2, 0.25) is 10.0 Å². The number of nitrogens with one attached hydrogen (secondary N) is 1. The Bertz CT molecular complexity index is 671. The van der Waals surface area contributed by atoms with Crippen LogP contribution in [-0.4, -0.2) is 15.0 Å². The third-order valence-electron chi connectivity index (χ3n) is 3.07. The number of benzene rings is 2. The second kappa shape index (κ2) is 6.39. The standard InChI is InChI=1S/C15H16ClNO2S/c1-12(13-7-3-2-4-8-13)11-17-20(18,19)15-10-6-5-9-14(15)16/h2-10,12,17H,11H2,1H3/t12-/m0/s1. The summed E-state index contributed by atoms with van der Waals surface area (Å²) in [5.41, 5.74) is 1.09. The van der Waals surface area contributed by atoms with Crippen molar-refractivity contribution in [1.29, 1.82) is 0 Å². The SMILES string of the molecule is C[C@@H](CNS(=O)(=O)c1ccccc1Cl)c1ccccc1. The van der Waals surface area contributed by atoms with Gasteiger partial charge in [-0.3, -0.25) is 0 Å². The Labute approximate surface area is 124 Å². The molecule has 0 amide bonds. The molecule has 0 aliphatic carbocycles. The minimum Gasteiger partial charge on any atom is -0.211 e. The number of hydrogen-bond acceptors (Lipinski definition) is 2. The predicted molar refractivity (Wildman–Crippen MR) is 81.5 cm³/mol. The molecule has 0 spiro atoms. The summed E-state index contributed by atoms with van der Waals surface area (Å²) < 4.78 is 27.0. The lowest BCUT2D eigenvalue weighted by Gasteiger charge is -2.14. The van der Waals surface area contributed by atoms with Gasteiger partial charge >= 0.3 is 0 Å². The molecule has 0 aromatic heterocycles. The average Bonchev–Trinajstić information content (AvgIpc) is 2.46. The Morgan fingerprint density at radius 1 is 1.05 bits per heavy atom. The normalized spacial score (nSPS) is 13.1. The van der Waals surface area contributed by atoms with E-state index in [-0.39, 0.29) is 15.8 Å². The van der Waals surface area contributed by atoms with Gasteiger partial charge in [0.05, 0.1) is 5.02 Å². The van der Waals surface area contributed by atoms with Crippen LogP contribution in [-0.2, 0) is 10.0 Å². The molecule has 0 heterocycles. The summed E-state index contributed by atoms with van der Waals surface area (Å²) in [4.78, 5) is 0.113. The lowest BCUT2D eigenvalue weighted by Crippen LogP contribution is -2.27. The molecular formula is C15H16ClNO2S. The first-order valence-corrected chi connectivity index (χ1v) is 8.16. The van der Waals surface area contributed by atoms with Crippen LogP contribution in [0.2, 0.25) is 5.02 Å². The largest absolute Gasteiger partial charge is 0.242 e. The maximum atomic E-state index is 12.2. The number of halogens is 1. The molecule has 3 nitrogen and oxygen atoms in total. The van der Waals surface area contributed by atoms with E-state index in [0.717, 1.165) is 5.56 Å². The van der Waals surface area contributed by atoms with E-state index in [1.165, 1.54) is 6.07 Å². The Morgan fingerprint density at radius 3 is 2.30 bits per heavy atom. The van der Waals surface area contributed by atoms with Crippen molar-refractivity contribution >= 4 is 21.6 Å². The van der Waals surface area contributed by atoms with Crippen LogP contribution in [0.3, 0.4) is 0 Å². The molecule has 0 aliphatic rings. The molecule has 2 rings (SSSR count). The predicted octanol–water partition coefficient (Wildman–Crippen LogP) is 3.42. The Balaban J connectivity index is 2.09. The lowest BCUT2D eigenvalue weighted by atomic mass is 10.0. The van der Waals surface area contributed by atoms with Crippen molar-refractivity contribution in [3.8, 4) is 0 Å². The van der Waals surface area contributed by atoms with Crippen molar-refractivity contribution < 1.29 is 8.42 Å². The van der Waals surface area contributed by atoms with Crippen molar-refractivity contribution in [2.24, 2.45) is 0 Å².